The van der Waals surface area contributed by atoms with Crippen molar-refractivity contribution in [2.24, 2.45) is 22.7 Å². The zero-order valence-electron chi connectivity index (χ0n) is 16.5. The van der Waals surface area contributed by atoms with Crippen LogP contribution in [0.3, 0.4) is 0 Å². The van der Waals surface area contributed by atoms with E-state index in [4.69, 9.17) is 4.74 Å². The van der Waals surface area contributed by atoms with E-state index in [1.807, 2.05) is 74.5 Å². The molecule has 1 aliphatic heterocycles. The summed E-state index contributed by atoms with van der Waals surface area (Å²) in [6.07, 6.45) is 1.25. The van der Waals surface area contributed by atoms with Gasteiger partial charge in [-0.05, 0) is 35.6 Å². The summed E-state index contributed by atoms with van der Waals surface area (Å²) in [6.45, 7) is 3.85. The van der Waals surface area contributed by atoms with E-state index < -0.39 is 34.6 Å². The first-order valence-electron chi connectivity index (χ1n) is 10.1. The van der Waals surface area contributed by atoms with Gasteiger partial charge in [0.2, 0.25) is 0 Å². The lowest BCUT2D eigenvalue weighted by atomic mass is 9.61. The Morgan fingerprint density at radius 3 is 1.86 bits per heavy atom. The summed E-state index contributed by atoms with van der Waals surface area (Å²) in [4.78, 5) is 39.7. The van der Waals surface area contributed by atoms with Crippen LogP contribution in [0, 0.1) is 22.7 Å². The predicted molar refractivity (Wildman–Crippen MR) is 108 cm³/mol. The molecule has 1 saturated carbocycles. The SMILES string of the molecule is CCC[C@@]12C(=O)[C@@](C)(C(c3ccccc3)=C1c1ccccc1)[C@@H]1C(=O)OC(=O)[C@H]12. The third-order valence-corrected chi connectivity index (χ3v) is 7.06. The lowest BCUT2D eigenvalue weighted by Crippen LogP contribution is -2.37. The minimum Gasteiger partial charge on any atom is -0.393 e. The van der Waals surface area contributed by atoms with Crippen molar-refractivity contribution < 1.29 is 19.1 Å². The highest BCUT2D eigenvalue weighted by Gasteiger charge is 2.79. The number of carbonyl (C=O) groups excluding carboxylic acids is 3. The lowest BCUT2D eigenvalue weighted by molar-refractivity contribution is -0.157. The predicted octanol–water partition coefficient (Wildman–Crippen LogP) is 4.30. The van der Waals surface area contributed by atoms with Crippen LogP contribution >= 0.6 is 0 Å². The average molecular weight is 386 g/mol. The fourth-order valence-corrected chi connectivity index (χ4v) is 6.16. The summed E-state index contributed by atoms with van der Waals surface area (Å²) in [7, 11) is 0. The third-order valence-electron chi connectivity index (χ3n) is 7.06. The van der Waals surface area contributed by atoms with Crippen molar-refractivity contribution in [3.05, 3.63) is 71.8 Å². The highest BCUT2D eigenvalue weighted by atomic mass is 16.6. The summed E-state index contributed by atoms with van der Waals surface area (Å²) in [6, 6.07) is 19.6. The molecule has 29 heavy (non-hydrogen) atoms. The van der Waals surface area contributed by atoms with E-state index in [2.05, 4.69) is 0 Å². The molecule has 2 aromatic rings. The van der Waals surface area contributed by atoms with E-state index in [1.165, 1.54) is 0 Å². The van der Waals surface area contributed by atoms with Crippen LogP contribution in [-0.4, -0.2) is 17.7 Å². The highest BCUT2D eigenvalue weighted by Crippen LogP contribution is 2.74. The van der Waals surface area contributed by atoms with E-state index >= 15 is 0 Å². The minimum absolute atomic E-state index is 0.00967. The van der Waals surface area contributed by atoms with Crippen LogP contribution in [0.25, 0.3) is 11.1 Å². The molecule has 2 aliphatic carbocycles. The van der Waals surface area contributed by atoms with E-state index in [-0.39, 0.29) is 5.78 Å². The molecule has 1 heterocycles. The summed E-state index contributed by atoms with van der Waals surface area (Å²) in [5.74, 6) is -2.61. The maximum Gasteiger partial charge on any atom is 0.318 e. The zero-order chi connectivity index (χ0) is 20.4. The molecular weight excluding hydrogens is 364 g/mol. The van der Waals surface area contributed by atoms with Crippen LogP contribution in [0.1, 0.15) is 37.8 Å². The lowest BCUT2D eigenvalue weighted by Gasteiger charge is -2.36. The van der Waals surface area contributed by atoms with Gasteiger partial charge in [-0.25, -0.2) is 0 Å². The molecule has 0 spiro atoms. The number of benzene rings is 2. The minimum atomic E-state index is -1.07. The number of cyclic esters (lactones) is 2. The van der Waals surface area contributed by atoms with Gasteiger partial charge in [0.15, 0.2) is 5.78 Å². The van der Waals surface area contributed by atoms with Gasteiger partial charge in [-0.1, -0.05) is 74.0 Å². The Kier molecular flexibility index (Phi) is 3.73. The Labute approximate surface area is 169 Å². The van der Waals surface area contributed by atoms with E-state index in [0.717, 1.165) is 28.7 Å². The first kappa shape index (κ1) is 18.0. The van der Waals surface area contributed by atoms with Crippen LogP contribution in [0.4, 0.5) is 0 Å². The maximum absolute atomic E-state index is 14.1. The Bertz CT molecular complexity index is 1070. The average Bonchev–Trinajstić information content (AvgIpc) is 3.22. The van der Waals surface area contributed by atoms with Gasteiger partial charge in [0, 0.05) is 0 Å². The molecule has 2 fully saturated rings. The van der Waals surface area contributed by atoms with Gasteiger partial charge in [-0.15, -0.1) is 0 Å². The summed E-state index contributed by atoms with van der Waals surface area (Å²) in [5.41, 5.74) is 1.52. The van der Waals surface area contributed by atoms with Crippen molar-refractivity contribution in [3.8, 4) is 0 Å². The van der Waals surface area contributed by atoms with Crippen LogP contribution in [0.15, 0.2) is 60.7 Å². The summed E-state index contributed by atoms with van der Waals surface area (Å²) in [5, 5.41) is 0. The number of ketones is 1. The van der Waals surface area contributed by atoms with Gasteiger partial charge in [-0.3, -0.25) is 14.4 Å². The molecule has 1 saturated heterocycles. The van der Waals surface area contributed by atoms with Crippen LogP contribution in [0.5, 0.6) is 0 Å². The fraction of sp³-hybridized carbons (Fsp3) is 0.320. The number of ether oxygens (including phenoxy) is 1. The Morgan fingerprint density at radius 2 is 1.31 bits per heavy atom. The first-order chi connectivity index (χ1) is 14.0. The van der Waals surface area contributed by atoms with Crippen molar-refractivity contribution in [3.63, 3.8) is 0 Å². The van der Waals surface area contributed by atoms with Crippen molar-refractivity contribution >= 4 is 28.9 Å². The molecule has 0 amide bonds. The molecule has 2 bridgehead atoms. The number of Topliss-reactive ketones (excluding diaryl/α,β-unsaturated/α-hetero) is 1. The van der Waals surface area contributed by atoms with E-state index in [1.54, 1.807) is 0 Å². The monoisotopic (exact) mass is 386 g/mol. The number of carbonyl (C=O) groups is 3. The Hall–Kier alpha value is -3.01. The van der Waals surface area contributed by atoms with Crippen molar-refractivity contribution in [2.45, 2.75) is 26.7 Å². The normalized spacial score (nSPS) is 32.7. The Morgan fingerprint density at radius 1 is 0.793 bits per heavy atom. The standard InChI is InChI=1S/C25H22O4/c1-3-14-25-18(16-12-8-5-9-13-16)17(15-10-6-4-7-11-15)24(2,23(25)28)19-20(25)22(27)29-21(19)26/h4-13,19-20H,3,14H2,1-2H3/t19-,20-,24-,25+/m0/s1. The topological polar surface area (TPSA) is 60.4 Å². The third kappa shape index (κ3) is 2.01. The molecule has 146 valence electrons. The second-order valence-corrected chi connectivity index (χ2v) is 8.43. The number of hydrogen-bond acceptors (Lipinski definition) is 4. The second-order valence-electron chi connectivity index (χ2n) is 8.43. The molecule has 4 atom stereocenters. The van der Waals surface area contributed by atoms with Crippen molar-refractivity contribution in [2.75, 3.05) is 0 Å². The molecule has 3 aliphatic rings. The number of esters is 2. The number of allylic oxidation sites excluding steroid dienone is 2. The fourth-order valence-electron chi connectivity index (χ4n) is 6.16. The molecule has 5 rings (SSSR count). The molecule has 0 unspecified atom stereocenters. The van der Waals surface area contributed by atoms with Gasteiger partial charge in [0.25, 0.3) is 0 Å². The van der Waals surface area contributed by atoms with Gasteiger partial charge in [0.05, 0.1) is 22.7 Å². The summed E-state index contributed by atoms with van der Waals surface area (Å²) >= 11 is 0. The largest absolute Gasteiger partial charge is 0.393 e. The van der Waals surface area contributed by atoms with Gasteiger partial charge in [-0.2, -0.15) is 0 Å². The molecule has 0 aromatic heterocycles. The Balaban J connectivity index is 1.92. The van der Waals surface area contributed by atoms with Gasteiger partial charge >= 0.3 is 11.9 Å². The van der Waals surface area contributed by atoms with E-state index in [9.17, 15) is 14.4 Å². The van der Waals surface area contributed by atoms with Crippen LogP contribution < -0.4 is 0 Å². The second kappa shape index (κ2) is 5.99. The quantitative estimate of drug-likeness (QED) is 0.581. The molecule has 0 N–H and O–H groups in total. The van der Waals surface area contributed by atoms with Crippen molar-refractivity contribution in [1.82, 2.24) is 0 Å². The number of hydrogen-bond donors (Lipinski definition) is 0. The van der Waals surface area contributed by atoms with Crippen molar-refractivity contribution in [1.29, 1.82) is 0 Å². The highest BCUT2D eigenvalue weighted by molar-refractivity contribution is 6.28. The smallest absolute Gasteiger partial charge is 0.318 e. The van der Waals surface area contributed by atoms with E-state index in [0.29, 0.717) is 6.42 Å². The van der Waals surface area contributed by atoms with Crippen LogP contribution in [0.2, 0.25) is 0 Å². The molecular formula is C25H22O4. The van der Waals surface area contributed by atoms with Gasteiger partial charge < -0.3 is 4.74 Å². The zero-order valence-corrected chi connectivity index (χ0v) is 16.5. The number of rotatable bonds is 4. The number of fused-ring (bicyclic) bond motifs is 5. The summed E-state index contributed by atoms with van der Waals surface area (Å²) < 4.78 is 5.11. The molecule has 0 radical (unpaired) electrons. The van der Waals surface area contributed by atoms with Crippen LogP contribution in [-0.2, 0) is 19.1 Å². The first-order valence-corrected chi connectivity index (χ1v) is 10.1. The molecule has 4 nitrogen and oxygen atoms in total. The molecule has 2 aromatic carbocycles. The van der Waals surface area contributed by atoms with Gasteiger partial charge in [0.1, 0.15) is 0 Å². The maximum atomic E-state index is 14.1. The molecule has 4 heteroatoms.